The molecule has 0 spiro atoms. The van der Waals surface area contributed by atoms with Crippen molar-refractivity contribution in [2.75, 3.05) is 16.8 Å². The van der Waals surface area contributed by atoms with Crippen molar-refractivity contribution in [1.82, 2.24) is 5.32 Å². The first kappa shape index (κ1) is 16.1. The van der Waals surface area contributed by atoms with Gasteiger partial charge in [-0.3, -0.25) is 4.79 Å². The summed E-state index contributed by atoms with van der Waals surface area (Å²) in [4.78, 5) is 26.4. The number of nitrogens with zero attached hydrogens (tertiary/aromatic N) is 1. The van der Waals surface area contributed by atoms with Crippen molar-refractivity contribution in [2.45, 2.75) is 25.8 Å². The fraction of sp³-hybridized carbons (Fsp3) is 0.263. The number of amides is 3. The van der Waals surface area contributed by atoms with Crippen LogP contribution in [0.15, 0.2) is 54.6 Å². The smallest absolute Gasteiger partial charge is 0.319 e. The minimum atomic E-state index is -0.487. The molecule has 2 aromatic rings. The van der Waals surface area contributed by atoms with E-state index in [1.807, 2.05) is 54.6 Å². The van der Waals surface area contributed by atoms with Crippen LogP contribution in [0.3, 0.4) is 0 Å². The Morgan fingerprint density at radius 1 is 1.17 bits per heavy atom. The standard InChI is InChI=1S/C19H21N3O2/c1-2-14-7-6-8-15(13-14)20-19(24)21-17-11-12-22(18(17)23)16-9-4-3-5-10-16/h3-10,13,17H,2,11-12H2,1H3,(H2,20,21,24)/t17-/m0/s1. The van der Waals surface area contributed by atoms with Gasteiger partial charge >= 0.3 is 6.03 Å². The lowest BCUT2D eigenvalue weighted by molar-refractivity contribution is -0.118. The molecule has 0 bridgehead atoms. The first-order valence-corrected chi connectivity index (χ1v) is 8.20. The zero-order valence-corrected chi connectivity index (χ0v) is 13.7. The van der Waals surface area contributed by atoms with Crippen LogP contribution in [0.1, 0.15) is 18.9 Å². The van der Waals surface area contributed by atoms with Gasteiger partial charge in [0.1, 0.15) is 6.04 Å². The van der Waals surface area contributed by atoms with Gasteiger partial charge in [-0.1, -0.05) is 37.3 Å². The fourth-order valence-electron chi connectivity index (χ4n) is 2.87. The van der Waals surface area contributed by atoms with Crippen molar-refractivity contribution < 1.29 is 9.59 Å². The van der Waals surface area contributed by atoms with Crippen LogP contribution in [0.4, 0.5) is 16.2 Å². The summed E-state index contributed by atoms with van der Waals surface area (Å²) in [5, 5.41) is 5.57. The Morgan fingerprint density at radius 3 is 2.71 bits per heavy atom. The highest BCUT2D eigenvalue weighted by molar-refractivity contribution is 6.02. The summed E-state index contributed by atoms with van der Waals surface area (Å²) in [5.74, 6) is -0.0707. The minimum Gasteiger partial charge on any atom is -0.326 e. The predicted molar refractivity (Wildman–Crippen MR) is 95.2 cm³/mol. The van der Waals surface area contributed by atoms with Gasteiger partial charge in [0.2, 0.25) is 5.91 Å². The van der Waals surface area contributed by atoms with Gasteiger partial charge in [0.25, 0.3) is 0 Å². The van der Waals surface area contributed by atoms with E-state index in [1.54, 1.807) is 4.90 Å². The Balaban J connectivity index is 1.60. The van der Waals surface area contributed by atoms with Gasteiger partial charge in [-0.2, -0.15) is 0 Å². The van der Waals surface area contributed by atoms with Crippen molar-refractivity contribution in [3.8, 4) is 0 Å². The first-order valence-electron chi connectivity index (χ1n) is 8.20. The molecule has 1 atom stereocenters. The Morgan fingerprint density at radius 2 is 1.96 bits per heavy atom. The molecule has 0 aromatic heterocycles. The van der Waals surface area contributed by atoms with Gasteiger partial charge in [0.15, 0.2) is 0 Å². The molecular formula is C19H21N3O2. The van der Waals surface area contributed by atoms with Gasteiger partial charge < -0.3 is 15.5 Å². The summed E-state index contributed by atoms with van der Waals surface area (Å²) in [6, 6.07) is 16.4. The van der Waals surface area contributed by atoms with E-state index in [9.17, 15) is 9.59 Å². The second-order valence-corrected chi connectivity index (χ2v) is 5.82. The molecule has 1 aliphatic rings. The lowest BCUT2D eigenvalue weighted by Crippen LogP contribution is -2.43. The number of hydrogen-bond donors (Lipinski definition) is 2. The molecule has 0 aliphatic carbocycles. The number of anilines is 2. The molecule has 2 aromatic carbocycles. The number of aryl methyl sites for hydroxylation is 1. The number of carbonyl (C=O) groups excluding carboxylic acids is 2. The van der Waals surface area contributed by atoms with E-state index in [-0.39, 0.29) is 11.9 Å². The van der Waals surface area contributed by atoms with Gasteiger partial charge in [0.05, 0.1) is 0 Å². The largest absolute Gasteiger partial charge is 0.326 e. The Bertz CT molecular complexity index is 730. The molecule has 5 heteroatoms. The highest BCUT2D eigenvalue weighted by Gasteiger charge is 2.33. The molecule has 3 rings (SSSR count). The van der Waals surface area contributed by atoms with E-state index < -0.39 is 6.04 Å². The van der Waals surface area contributed by atoms with Gasteiger partial charge in [0, 0.05) is 17.9 Å². The minimum absolute atomic E-state index is 0.0707. The molecule has 3 amide bonds. The van der Waals surface area contributed by atoms with Crippen LogP contribution >= 0.6 is 0 Å². The molecule has 1 heterocycles. The second kappa shape index (κ2) is 7.17. The summed E-state index contributed by atoms with van der Waals surface area (Å²) < 4.78 is 0. The average Bonchev–Trinajstić information content (AvgIpc) is 2.96. The second-order valence-electron chi connectivity index (χ2n) is 5.82. The van der Waals surface area contributed by atoms with Gasteiger partial charge in [-0.05, 0) is 42.7 Å². The third-order valence-corrected chi connectivity index (χ3v) is 4.17. The molecule has 1 aliphatic heterocycles. The maximum absolute atomic E-state index is 12.5. The summed E-state index contributed by atoms with van der Waals surface area (Å²) in [5.41, 5.74) is 2.75. The molecule has 1 saturated heterocycles. The molecular weight excluding hydrogens is 302 g/mol. The highest BCUT2D eigenvalue weighted by Crippen LogP contribution is 2.21. The fourth-order valence-corrected chi connectivity index (χ4v) is 2.87. The topological polar surface area (TPSA) is 61.4 Å². The molecule has 2 N–H and O–H groups in total. The summed E-state index contributed by atoms with van der Waals surface area (Å²) in [7, 11) is 0. The van der Waals surface area contributed by atoms with E-state index in [0.29, 0.717) is 13.0 Å². The zero-order valence-electron chi connectivity index (χ0n) is 13.7. The molecule has 1 fully saturated rings. The molecule has 24 heavy (non-hydrogen) atoms. The number of benzene rings is 2. The number of para-hydroxylation sites is 1. The lowest BCUT2D eigenvalue weighted by Gasteiger charge is -2.17. The normalized spacial score (nSPS) is 17.0. The SMILES string of the molecule is CCc1cccc(NC(=O)N[C@H]2CCN(c3ccccc3)C2=O)c1. The van der Waals surface area contributed by atoms with Gasteiger partial charge in [-0.25, -0.2) is 4.79 Å². The third-order valence-electron chi connectivity index (χ3n) is 4.17. The molecule has 0 radical (unpaired) electrons. The van der Waals surface area contributed by atoms with E-state index in [2.05, 4.69) is 17.6 Å². The molecule has 0 unspecified atom stereocenters. The third kappa shape index (κ3) is 3.56. The first-order chi connectivity index (χ1) is 11.7. The van der Waals surface area contributed by atoms with Crippen LogP contribution in [-0.4, -0.2) is 24.5 Å². The Labute approximate surface area is 141 Å². The monoisotopic (exact) mass is 323 g/mol. The summed E-state index contributed by atoms with van der Waals surface area (Å²) in [6.45, 7) is 2.67. The molecule has 5 nitrogen and oxygen atoms in total. The Hall–Kier alpha value is -2.82. The maximum atomic E-state index is 12.5. The number of rotatable bonds is 4. The van der Waals surface area contributed by atoms with Crippen molar-refractivity contribution in [3.05, 3.63) is 60.2 Å². The van der Waals surface area contributed by atoms with Crippen molar-refractivity contribution in [1.29, 1.82) is 0 Å². The zero-order chi connectivity index (χ0) is 16.9. The highest BCUT2D eigenvalue weighted by atomic mass is 16.2. The van der Waals surface area contributed by atoms with E-state index in [1.165, 1.54) is 0 Å². The van der Waals surface area contributed by atoms with E-state index >= 15 is 0 Å². The van der Waals surface area contributed by atoms with Crippen LogP contribution < -0.4 is 15.5 Å². The van der Waals surface area contributed by atoms with Crippen LogP contribution in [0, 0.1) is 0 Å². The van der Waals surface area contributed by atoms with Crippen molar-refractivity contribution in [3.63, 3.8) is 0 Å². The van der Waals surface area contributed by atoms with Gasteiger partial charge in [-0.15, -0.1) is 0 Å². The van der Waals surface area contributed by atoms with E-state index in [4.69, 9.17) is 0 Å². The summed E-state index contributed by atoms with van der Waals surface area (Å²) >= 11 is 0. The average molecular weight is 323 g/mol. The number of urea groups is 1. The maximum Gasteiger partial charge on any atom is 0.319 e. The number of nitrogens with one attached hydrogen (secondary N) is 2. The predicted octanol–water partition coefficient (Wildman–Crippen LogP) is 3.18. The number of hydrogen-bond acceptors (Lipinski definition) is 2. The van der Waals surface area contributed by atoms with Crippen LogP contribution in [0.25, 0.3) is 0 Å². The van der Waals surface area contributed by atoms with Crippen LogP contribution in [-0.2, 0) is 11.2 Å². The van der Waals surface area contributed by atoms with Crippen molar-refractivity contribution in [2.24, 2.45) is 0 Å². The lowest BCUT2D eigenvalue weighted by atomic mass is 10.1. The van der Waals surface area contributed by atoms with Crippen molar-refractivity contribution >= 4 is 23.3 Å². The van der Waals surface area contributed by atoms with E-state index in [0.717, 1.165) is 23.4 Å². The molecule has 0 saturated carbocycles. The van der Waals surface area contributed by atoms with Crippen LogP contribution in [0.5, 0.6) is 0 Å². The number of carbonyl (C=O) groups is 2. The molecule has 124 valence electrons. The Kier molecular flexibility index (Phi) is 4.79. The summed E-state index contributed by atoms with van der Waals surface area (Å²) in [6.07, 6.45) is 1.51. The quantitative estimate of drug-likeness (QED) is 0.908. The van der Waals surface area contributed by atoms with Crippen LogP contribution in [0.2, 0.25) is 0 Å².